The van der Waals surface area contributed by atoms with Crippen LogP contribution >= 0.6 is 0 Å². The molecule has 8 aromatic rings. The van der Waals surface area contributed by atoms with Gasteiger partial charge in [-0.15, -0.1) is 0 Å². The maximum Gasteiger partial charge on any atom is 0.416 e. The maximum absolute atomic E-state index is 13.2. The summed E-state index contributed by atoms with van der Waals surface area (Å²) < 4.78 is 48.6. The van der Waals surface area contributed by atoms with Gasteiger partial charge in [0.1, 0.15) is 17.0 Å². The van der Waals surface area contributed by atoms with Gasteiger partial charge in [0.25, 0.3) is 0 Å². The van der Waals surface area contributed by atoms with Crippen molar-refractivity contribution < 1.29 is 17.6 Å². The van der Waals surface area contributed by atoms with Crippen LogP contribution in [0.5, 0.6) is 0 Å². The second-order valence-electron chi connectivity index (χ2n) is 13.5. The fraction of sp³-hybridized carbons (Fsp3) is 0.159. The minimum absolute atomic E-state index is 0.228. The van der Waals surface area contributed by atoms with Gasteiger partial charge in [0.05, 0.1) is 27.8 Å². The smallest absolute Gasteiger partial charge is 0.416 e. The van der Waals surface area contributed by atoms with Crippen LogP contribution in [0.15, 0.2) is 132 Å². The number of imidazole rings is 1. The molecule has 0 saturated heterocycles. The molecular formula is C44H35F3N2O. The third-order valence-corrected chi connectivity index (χ3v) is 9.59. The average Bonchev–Trinajstić information content (AvgIpc) is 3.69. The van der Waals surface area contributed by atoms with E-state index in [1.54, 1.807) is 0 Å². The lowest BCUT2D eigenvalue weighted by molar-refractivity contribution is -0.137. The van der Waals surface area contributed by atoms with Crippen molar-refractivity contribution >= 4 is 33.0 Å². The molecule has 8 rings (SSSR count). The zero-order chi connectivity index (χ0) is 34.7. The van der Waals surface area contributed by atoms with Gasteiger partial charge in [0.2, 0.25) is 0 Å². The highest BCUT2D eigenvalue weighted by atomic mass is 19.4. The Balaban J connectivity index is 1.36. The van der Waals surface area contributed by atoms with Gasteiger partial charge in [0.15, 0.2) is 0 Å². The summed E-state index contributed by atoms with van der Waals surface area (Å²) in [5, 5.41) is 1.88. The summed E-state index contributed by atoms with van der Waals surface area (Å²) in [6, 6.07) is 40.6. The highest BCUT2D eigenvalue weighted by molar-refractivity contribution is 6.10. The lowest BCUT2D eigenvalue weighted by Crippen LogP contribution is -2.09. The summed E-state index contributed by atoms with van der Waals surface area (Å²) in [4.78, 5) is 5.27. The largest absolute Gasteiger partial charge is 0.455 e. The van der Waals surface area contributed by atoms with Crippen molar-refractivity contribution in [2.45, 2.75) is 45.7 Å². The van der Waals surface area contributed by atoms with Gasteiger partial charge >= 0.3 is 6.18 Å². The molecule has 6 aromatic carbocycles. The van der Waals surface area contributed by atoms with E-state index >= 15 is 0 Å². The molecule has 3 nitrogen and oxygen atoms in total. The van der Waals surface area contributed by atoms with Crippen LogP contribution < -0.4 is 0 Å². The Labute approximate surface area is 288 Å². The fourth-order valence-electron chi connectivity index (χ4n) is 7.05. The normalized spacial score (nSPS) is 12.3. The van der Waals surface area contributed by atoms with Crippen LogP contribution in [0.4, 0.5) is 13.2 Å². The number of aromatic nitrogens is 2. The summed E-state index contributed by atoms with van der Waals surface area (Å²) in [5.74, 6) is 1.24. The lowest BCUT2D eigenvalue weighted by atomic mass is 9.88. The van der Waals surface area contributed by atoms with E-state index in [1.807, 2.05) is 48.5 Å². The van der Waals surface area contributed by atoms with Gasteiger partial charge in [-0.3, -0.25) is 4.57 Å². The monoisotopic (exact) mass is 664 g/mol. The van der Waals surface area contributed by atoms with Crippen LogP contribution in [-0.2, 0) is 6.18 Å². The molecule has 0 radical (unpaired) electrons. The molecule has 0 atom stereocenters. The fourth-order valence-corrected chi connectivity index (χ4v) is 7.05. The number of rotatable bonds is 6. The molecule has 50 heavy (non-hydrogen) atoms. The number of furan rings is 1. The van der Waals surface area contributed by atoms with Gasteiger partial charge in [0, 0.05) is 10.8 Å². The first kappa shape index (κ1) is 31.6. The molecule has 0 N–H and O–H groups in total. The summed E-state index contributed by atoms with van der Waals surface area (Å²) in [6.07, 6.45) is -4.38. The molecule has 6 heteroatoms. The number of halogens is 3. The molecule has 0 amide bonds. The third-order valence-electron chi connectivity index (χ3n) is 9.59. The molecule has 0 saturated carbocycles. The number of hydrogen-bond donors (Lipinski definition) is 0. The molecule has 0 spiro atoms. The standard InChI is InChI=1S/C44H35F3N2O/c1-26(2)36-23-31(28-11-6-5-7-12-28)24-37(27(3)4)41(36)49-39-16-9-8-15-38(39)48-43(49)35-14-10-13-34-33-22-19-30(25-40(33)50-42(34)35)29-17-20-32(21-18-29)44(45,46)47/h5-27H,1-4H3. The molecule has 0 aliphatic rings. The van der Waals surface area contributed by atoms with E-state index in [4.69, 9.17) is 9.40 Å². The Bertz CT molecular complexity index is 2490. The van der Waals surface area contributed by atoms with Gasteiger partial charge in [-0.2, -0.15) is 13.2 Å². The first-order chi connectivity index (χ1) is 24.1. The van der Waals surface area contributed by atoms with Crippen molar-refractivity contribution in [2.75, 3.05) is 0 Å². The zero-order valence-electron chi connectivity index (χ0n) is 28.2. The molecule has 0 bridgehead atoms. The molecule has 0 fully saturated rings. The Hall–Kier alpha value is -5.62. The number of para-hydroxylation sites is 3. The SMILES string of the molecule is CC(C)c1cc(-c2ccccc2)cc(C(C)C)c1-n1c(-c2cccc3c2oc2cc(-c4ccc(C(F)(F)F)cc4)ccc23)nc2ccccc21. The first-order valence-corrected chi connectivity index (χ1v) is 16.9. The number of hydrogen-bond acceptors (Lipinski definition) is 2. The summed E-state index contributed by atoms with van der Waals surface area (Å²) >= 11 is 0. The van der Waals surface area contributed by atoms with Crippen LogP contribution in [0.25, 0.3) is 72.3 Å². The van der Waals surface area contributed by atoms with E-state index in [0.29, 0.717) is 16.7 Å². The highest BCUT2D eigenvalue weighted by Crippen LogP contribution is 2.43. The molecule has 0 aliphatic carbocycles. The molecule has 0 aliphatic heterocycles. The van der Waals surface area contributed by atoms with Gasteiger partial charge in [-0.25, -0.2) is 4.98 Å². The predicted octanol–water partition coefficient (Wildman–Crippen LogP) is 13.2. The zero-order valence-corrected chi connectivity index (χ0v) is 28.2. The highest BCUT2D eigenvalue weighted by Gasteiger charge is 2.30. The number of fused-ring (bicyclic) bond motifs is 4. The van der Waals surface area contributed by atoms with Crippen LogP contribution in [0.1, 0.15) is 56.2 Å². The van der Waals surface area contributed by atoms with E-state index < -0.39 is 11.7 Å². The number of alkyl halides is 3. The van der Waals surface area contributed by atoms with Crippen molar-refractivity contribution in [3.8, 4) is 39.3 Å². The summed E-state index contributed by atoms with van der Waals surface area (Å²) in [5.41, 5.74) is 10.9. The van der Waals surface area contributed by atoms with Gasteiger partial charge in [-0.05, 0) is 99.8 Å². The minimum atomic E-state index is -4.38. The molecular weight excluding hydrogens is 629 g/mol. The predicted molar refractivity (Wildman–Crippen MR) is 198 cm³/mol. The van der Waals surface area contributed by atoms with Crippen LogP contribution in [0.3, 0.4) is 0 Å². The van der Waals surface area contributed by atoms with E-state index in [-0.39, 0.29) is 11.8 Å². The van der Waals surface area contributed by atoms with Crippen molar-refractivity contribution in [3.05, 3.63) is 144 Å². The van der Waals surface area contributed by atoms with E-state index in [2.05, 4.69) is 86.9 Å². The number of nitrogens with zero attached hydrogens (tertiary/aromatic N) is 2. The van der Waals surface area contributed by atoms with E-state index in [9.17, 15) is 13.2 Å². The van der Waals surface area contributed by atoms with Crippen LogP contribution in [0.2, 0.25) is 0 Å². The summed E-state index contributed by atoms with van der Waals surface area (Å²) in [6.45, 7) is 8.96. The molecule has 2 heterocycles. The average molecular weight is 665 g/mol. The third kappa shape index (κ3) is 5.36. The van der Waals surface area contributed by atoms with Crippen molar-refractivity contribution in [3.63, 3.8) is 0 Å². The summed E-state index contributed by atoms with van der Waals surface area (Å²) in [7, 11) is 0. The lowest BCUT2D eigenvalue weighted by Gasteiger charge is -2.24. The van der Waals surface area contributed by atoms with Crippen molar-refractivity contribution in [2.24, 2.45) is 0 Å². The van der Waals surface area contributed by atoms with Crippen LogP contribution in [0, 0.1) is 0 Å². The Morgan fingerprint density at radius 1 is 0.600 bits per heavy atom. The van der Waals surface area contributed by atoms with Crippen molar-refractivity contribution in [1.29, 1.82) is 0 Å². The maximum atomic E-state index is 13.2. The van der Waals surface area contributed by atoms with Gasteiger partial charge < -0.3 is 4.42 Å². The Morgan fingerprint density at radius 2 is 1.24 bits per heavy atom. The topological polar surface area (TPSA) is 31.0 Å². The first-order valence-electron chi connectivity index (χ1n) is 16.9. The number of benzene rings is 6. The Kier molecular flexibility index (Phi) is 7.63. The van der Waals surface area contributed by atoms with E-state index in [1.165, 1.54) is 34.4 Å². The second-order valence-corrected chi connectivity index (χ2v) is 13.5. The molecule has 2 aromatic heterocycles. The second kappa shape index (κ2) is 12.1. The van der Waals surface area contributed by atoms with Crippen molar-refractivity contribution in [1.82, 2.24) is 9.55 Å². The minimum Gasteiger partial charge on any atom is -0.455 e. The van der Waals surface area contributed by atoms with Crippen LogP contribution in [-0.4, -0.2) is 9.55 Å². The van der Waals surface area contributed by atoms with Gasteiger partial charge in [-0.1, -0.05) is 100 Å². The molecule has 0 unspecified atom stereocenters. The quantitative estimate of drug-likeness (QED) is 0.177. The van der Waals surface area contributed by atoms with E-state index in [0.717, 1.165) is 56.6 Å². The molecule has 248 valence electrons. The Morgan fingerprint density at radius 3 is 1.92 bits per heavy atom.